The molecule has 2 aromatic heterocycles. The van der Waals surface area contributed by atoms with Gasteiger partial charge in [0.1, 0.15) is 0 Å². The maximum Gasteiger partial charge on any atom is 0.329 e. The molecule has 7 heteroatoms. The Bertz CT molecular complexity index is 849. The van der Waals surface area contributed by atoms with E-state index >= 15 is 0 Å². The molecule has 0 aliphatic carbocycles. The fraction of sp³-hybridized carbons (Fsp3) is 0.500. The van der Waals surface area contributed by atoms with E-state index in [4.69, 9.17) is 0 Å². The number of aromatic amines is 1. The summed E-state index contributed by atoms with van der Waals surface area (Å²) in [5, 5.41) is 2.87. The van der Waals surface area contributed by atoms with Crippen LogP contribution in [0, 0.1) is 0 Å². The first-order valence-electron chi connectivity index (χ1n) is 7.86. The Morgan fingerprint density at radius 3 is 2.61 bits per heavy atom. The lowest BCUT2D eigenvalue weighted by molar-refractivity contribution is 0.0957. The number of nitrogens with one attached hydrogen (secondary N) is 2. The van der Waals surface area contributed by atoms with E-state index in [2.05, 4.69) is 15.3 Å². The van der Waals surface area contributed by atoms with Gasteiger partial charge in [0.25, 0.3) is 11.5 Å². The zero-order valence-electron chi connectivity index (χ0n) is 13.9. The van der Waals surface area contributed by atoms with Crippen molar-refractivity contribution >= 4 is 16.9 Å². The van der Waals surface area contributed by atoms with Gasteiger partial charge in [-0.15, -0.1) is 0 Å². The number of aromatic nitrogens is 3. The van der Waals surface area contributed by atoms with Crippen molar-refractivity contribution in [2.75, 3.05) is 6.54 Å². The molecule has 124 valence electrons. The van der Waals surface area contributed by atoms with Gasteiger partial charge in [-0.1, -0.05) is 20.8 Å². The molecule has 0 bridgehead atoms. The molecule has 0 saturated carbocycles. The second-order valence-corrected chi connectivity index (χ2v) is 5.72. The highest BCUT2D eigenvalue weighted by Crippen LogP contribution is 2.19. The lowest BCUT2D eigenvalue weighted by atomic mass is 10.0. The molecule has 2 heterocycles. The zero-order chi connectivity index (χ0) is 17.1. The van der Waals surface area contributed by atoms with Gasteiger partial charge in [-0.05, 0) is 25.3 Å². The molecule has 2 aromatic rings. The average molecular weight is 318 g/mol. The van der Waals surface area contributed by atoms with Gasteiger partial charge >= 0.3 is 5.69 Å². The first-order valence-corrected chi connectivity index (χ1v) is 7.86. The highest BCUT2D eigenvalue weighted by molar-refractivity contribution is 6.05. The number of hydrogen-bond acceptors (Lipinski definition) is 4. The summed E-state index contributed by atoms with van der Waals surface area (Å²) in [6, 6.07) is 1.63. The van der Waals surface area contributed by atoms with Crippen LogP contribution < -0.4 is 16.6 Å². The molecule has 0 spiro atoms. The molecule has 2 N–H and O–H groups in total. The van der Waals surface area contributed by atoms with Crippen LogP contribution in [0.1, 0.15) is 56.1 Å². The number of pyridine rings is 1. The van der Waals surface area contributed by atoms with E-state index in [9.17, 15) is 14.4 Å². The summed E-state index contributed by atoms with van der Waals surface area (Å²) in [6.45, 7) is 8.51. The summed E-state index contributed by atoms with van der Waals surface area (Å²) in [7, 11) is 0. The summed E-state index contributed by atoms with van der Waals surface area (Å²) in [5.74, 6) is -0.272. The van der Waals surface area contributed by atoms with Gasteiger partial charge in [0, 0.05) is 18.8 Å². The molecule has 0 unspecified atom stereocenters. The van der Waals surface area contributed by atoms with Crippen LogP contribution in [-0.2, 0) is 6.54 Å². The van der Waals surface area contributed by atoms with Crippen molar-refractivity contribution in [1.82, 2.24) is 19.9 Å². The molecule has 0 fully saturated rings. The Morgan fingerprint density at radius 2 is 2.04 bits per heavy atom. The number of aryl methyl sites for hydroxylation is 1. The standard InChI is InChI=1S/C16H22N4O3/c1-5-7-20-13-12(15(22)19-16(20)23)10(14(21)17-6-2)8-11(18-13)9(3)4/h8-9H,5-7H2,1-4H3,(H,17,21)(H,19,22,23). The van der Waals surface area contributed by atoms with Gasteiger partial charge in [0.15, 0.2) is 5.65 Å². The van der Waals surface area contributed by atoms with Crippen molar-refractivity contribution in [2.45, 2.75) is 46.6 Å². The minimum absolute atomic E-state index is 0.0667. The van der Waals surface area contributed by atoms with E-state index in [1.54, 1.807) is 6.07 Å². The Hall–Kier alpha value is -2.44. The molecule has 1 amide bonds. The molecule has 23 heavy (non-hydrogen) atoms. The van der Waals surface area contributed by atoms with Crippen LogP contribution in [0.2, 0.25) is 0 Å². The Morgan fingerprint density at radius 1 is 1.35 bits per heavy atom. The molecule has 0 saturated heterocycles. The second kappa shape index (κ2) is 6.76. The van der Waals surface area contributed by atoms with Crippen molar-refractivity contribution in [3.8, 4) is 0 Å². The number of fused-ring (bicyclic) bond motifs is 1. The summed E-state index contributed by atoms with van der Waals surface area (Å²) in [5.41, 5.74) is 0.120. The monoisotopic (exact) mass is 318 g/mol. The minimum Gasteiger partial charge on any atom is -0.352 e. The molecule has 0 aliphatic rings. The van der Waals surface area contributed by atoms with Gasteiger partial charge in [-0.3, -0.25) is 19.1 Å². The Labute approximate surface area is 133 Å². The van der Waals surface area contributed by atoms with Crippen LogP contribution >= 0.6 is 0 Å². The van der Waals surface area contributed by atoms with E-state index < -0.39 is 11.2 Å². The van der Waals surface area contributed by atoms with E-state index in [1.807, 2.05) is 27.7 Å². The number of carbonyl (C=O) groups is 1. The van der Waals surface area contributed by atoms with E-state index in [0.717, 1.165) is 0 Å². The summed E-state index contributed by atoms with van der Waals surface area (Å²) in [6.07, 6.45) is 0.713. The quantitative estimate of drug-likeness (QED) is 0.870. The third-order valence-corrected chi connectivity index (χ3v) is 3.59. The summed E-state index contributed by atoms with van der Waals surface area (Å²) < 4.78 is 1.42. The highest BCUT2D eigenvalue weighted by Gasteiger charge is 2.19. The van der Waals surface area contributed by atoms with Gasteiger partial charge in [0.05, 0.1) is 10.9 Å². The predicted octanol–water partition coefficient (Wildman–Crippen LogP) is 1.37. The van der Waals surface area contributed by atoms with Crippen LogP contribution in [0.4, 0.5) is 0 Å². The normalized spacial score (nSPS) is 11.2. The smallest absolute Gasteiger partial charge is 0.329 e. The van der Waals surface area contributed by atoms with Gasteiger partial charge < -0.3 is 5.32 Å². The molecule has 2 rings (SSSR count). The third kappa shape index (κ3) is 3.18. The third-order valence-electron chi connectivity index (χ3n) is 3.59. The number of hydrogen-bond donors (Lipinski definition) is 2. The lowest BCUT2D eigenvalue weighted by Gasteiger charge is -2.14. The maximum absolute atomic E-state index is 12.4. The Balaban J connectivity index is 2.94. The van der Waals surface area contributed by atoms with Gasteiger partial charge in [-0.25, -0.2) is 9.78 Å². The van der Waals surface area contributed by atoms with Crippen LogP contribution in [0.15, 0.2) is 15.7 Å². The fourth-order valence-electron chi connectivity index (χ4n) is 2.46. The molecule has 0 atom stereocenters. The van der Waals surface area contributed by atoms with Gasteiger partial charge in [-0.2, -0.15) is 0 Å². The maximum atomic E-state index is 12.4. The van der Waals surface area contributed by atoms with Crippen molar-refractivity contribution in [3.05, 3.63) is 38.2 Å². The SMILES string of the molecule is CCCn1c(=O)[nH]c(=O)c2c(C(=O)NCC)cc(C(C)C)nc21. The Kier molecular flexibility index (Phi) is 4.98. The van der Waals surface area contributed by atoms with E-state index in [-0.39, 0.29) is 28.4 Å². The largest absolute Gasteiger partial charge is 0.352 e. The molecule has 0 aliphatic heterocycles. The number of H-pyrrole nitrogens is 1. The van der Waals surface area contributed by atoms with Crippen LogP contribution in [0.5, 0.6) is 0 Å². The molecule has 0 aromatic carbocycles. The van der Waals surface area contributed by atoms with Crippen molar-refractivity contribution in [1.29, 1.82) is 0 Å². The van der Waals surface area contributed by atoms with Gasteiger partial charge in [0.2, 0.25) is 0 Å². The second-order valence-electron chi connectivity index (χ2n) is 5.72. The number of rotatable bonds is 5. The number of nitrogens with zero attached hydrogens (tertiary/aromatic N) is 2. The van der Waals surface area contributed by atoms with Crippen molar-refractivity contribution in [2.24, 2.45) is 0 Å². The summed E-state index contributed by atoms with van der Waals surface area (Å²) in [4.78, 5) is 43.5. The minimum atomic E-state index is -0.582. The number of carbonyl (C=O) groups excluding carboxylic acids is 1. The highest BCUT2D eigenvalue weighted by atomic mass is 16.2. The van der Waals surface area contributed by atoms with Crippen LogP contribution in [0.3, 0.4) is 0 Å². The molecular formula is C16H22N4O3. The van der Waals surface area contributed by atoms with Crippen molar-refractivity contribution < 1.29 is 4.79 Å². The first-order chi connectivity index (χ1) is 10.9. The lowest BCUT2D eigenvalue weighted by Crippen LogP contribution is -2.33. The number of amides is 1. The predicted molar refractivity (Wildman–Crippen MR) is 89.0 cm³/mol. The summed E-state index contributed by atoms with van der Waals surface area (Å²) >= 11 is 0. The van der Waals surface area contributed by atoms with E-state index in [0.29, 0.717) is 25.2 Å². The fourth-order valence-corrected chi connectivity index (χ4v) is 2.46. The molecule has 0 radical (unpaired) electrons. The van der Waals surface area contributed by atoms with Crippen molar-refractivity contribution in [3.63, 3.8) is 0 Å². The van der Waals surface area contributed by atoms with E-state index in [1.165, 1.54) is 4.57 Å². The molecular weight excluding hydrogens is 296 g/mol. The average Bonchev–Trinajstić information content (AvgIpc) is 2.50. The topological polar surface area (TPSA) is 96.9 Å². The van der Waals surface area contributed by atoms with Crippen LogP contribution in [-0.4, -0.2) is 27.0 Å². The first kappa shape index (κ1) is 16.9. The molecule has 7 nitrogen and oxygen atoms in total. The van der Waals surface area contributed by atoms with Crippen LogP contribution in [0.25, 0.3) is 11.0 Å². The zero-order valence-corrected chi connectivity index (χ0v) is 13.9.